The van der Waals surface area contributed by atoms with E-state index in [2.05, 4.69) is 23.8 Å². The molecule has 5 heteroatoms. The van der Waals surface area contributed by atoms with Crippen molar-refractivity contribution in [2.24, 2.45) is 0 Å². The number of likely N-dealkylation sites (N-methyl/N-ethyl adjacent to an activating group) is 1. The minimum atomic E-state index is 0.0341. The Balaban J connectivity index is 1.89. The van der Waals surface area contributed by atoms with Gasteiger partial charge in [0, 0.05) is 43.6 Å². The third kappa shape index (κ3) is 4.58. The van der Waals surface area contributed by atoms with Crippen molar-refractivity contribution < 1.29 is 0 Å². The second kappa shape index (κ2) is 7.61. The fraction of sp³-hybridized carbons (Fsp3) is 0.688. The number of nitrogens with two attached hydrogens (primary N) is 1. The van der Waals surface area contributed by atoms with Gasteiger partial charge in [0.1, 0.15) is 0 Å². The molecule has 0 amide bonds. The highest BCUT2D eigenvalue weighted by Gasteiger charge is 2.21. The molecule has 1 aromatic rings. The van der Waals surface area contributed by atoms with E-state index in [0.717, 1.165) is 32.6 Å². The maximum absolute atomic E-state index is 11.8. The zero-order valence-electron chi connectivity index (χ0n) is 13.3. The third-order valence-corrected chi connectivity index (χ3v) is 4.35. The molecule has 0 bridgehead atoms. The molecule has 0 spiro atoms. The number of hydrogen-bond donors (Lipinski definition) is 1. The highest BCUT2D eigenvalue weighted by molar-refractivity contribution is 5.33. The second-order valence-corrected chi connectivity index (χ2v) is 6.06. The lowest BCUT2D eigenvalue weighted by Gasteiger charge is -2.30. The monoisotopic (exact) mass is 292 g/mol. The van der Waals surface area contributed by atoms with Crippen molar-refractivity contribution in [1.29, 1.82) is 0 Å². The molecule has 118 valence electrons. The lowest BCUT2D eigenvalue weighted by molar-refractivity contribution is 0.179. The Morgan fingerprint density at radius 2 is 2.10 bits per heavy atom. The molecule has 2 N–H and O–H groups in total. The number of pyridine rings is 1. The Morgan fingerprint density at radius 1 is 1.29 bits per heavy atom. The lowest BCUT2D eigenvalue weighted by atomic mass is 10.1. The predicted octanol–water partition coefficient (Wildman–Crippen LogP) is 1.24. The molecule has 2 rings (SSSR count). The van der Waals surface area contributed by atoms with Crippen LogP contribution in [0.5, 0.6) is 0 Å². The van der Waals surface area contributed by atoms with Crippen LogP contribution in [-0.4, -0.2) is 53.6 Å². The zero-order chi connectivity index (χ0) is 15.2. The van der Waals surface area contributed by atoms with E-state index in [9.17, 15) is 4.79 Å². The molecule has 1 aliphatic heterocycles. The average Bonchev–Trinajstić information content (AvgIpc) is 2.64. The van der Waals surface area contributed by atoms with Gasteiger partial charge in [0.2, 0.25) is 0 Å². The van der Waals surface area contributed by atoms with E-state index in [1.54, 1.807) is 22.9 Å². The van der Waals surface area contributed by atoms with Crippen LogP contribution >= 0.6 is 0 Å². The summed E-state index contributed by atoms with van der Waals surface area (Å²) in [5.74, 6) is 0. The van der Waals surface area contributed by atoms with Gasteiger partial charge in [-0.2, -0.15) is 0 Å². The van der Waals surface area contributed by atoms with Gasteiger partial charge in [-0.15, -0.1) is 0 Å². The first-order valence-corrected chi connectivity index (χ1v) is 7.98. The average molecular weight is 292 g/mol. The number of nitrogen functional groups attached to an aromatic ring is 1. The van der Waals surface area contributed by atoms with Crippen molar-refractivity contribution in [3.05, 3.63) is 28.7 Å². The van der Waals surface area contributed by atoms with Gasteiger partial charge < -0.3 is 15.2 Å². The summed E-state index contributed by atoms with van der Waals surface area (Å²) >= 11 is 0. The number of anilines is 1. The molecule has 1 aliphatic rings. The first-order valence-electron chi connectivity index (χ1n) is 7.98. The molecule has 1 aromatic heterocycles. The van der Waals surface area contributed by atoms with Crippen molar-refractivity contribution in [3.63, 3.8) is 0 Å². The standard InChI is InChI=1S/C16H28N4O/c1-3-15-13-18(2)8-4-9-19(15)10-5-11-20-12-14(17)6-7-16(20)21/h6-7,12,15H,3-5,8-11,13,17H2,1-2H3. The van der Waals surface area contributed by atoms with Crippen molar-refractivity contribution >= 4 is 5.69 Å². The Hall–Kier alpha value is -1.33. The minimum Gasteiger partial charge on any atom is -0.398 e. The van der Waals surface area contributed by atoms with Gasteiger partial charge in [0.05, 0.1) is 0 Å². The Labute approximate surface area is 127 Å². The van der Waals surface area contributed by atoms with Gasteiger partial charge in [0.15, 0.2) is 0 Å². The van der Waals surface area contributed by atoms with Gasteiger partial charge in [-0.1, -0.05) is 6.92 Å². The molecule has 0 aromatic carbocycles. The predicted molar refractivity (Wildman–Crippen MR) is 87.5 cm³/mol. The van der Waals surface area contributed by atoms with E-state index in [4.69, 9.17) is 5.73 Å². The zero-order valence-corrected chi connectivity index (χ0v) is 13.3. The third-order valence-electron chi connectivity index (χ3n) is 4.35. The molecule has 0 radical (unpaired) electrons. The topological polar surface area (TPSA) is 54.5 Å². The highest BCUT2D eigenvalue weighted by Crippen LogP contribution is 2.12. The van der Waals surface area contributed by atoms with Crippen LogP contribution in [0.3, 0.4) is 0 Å². The van der Waals surface area contributed by atoms with Gasteiger partial charge in [-0.05, 0) is 45.5 Å². The highest BCUT2D eigenvalue weighted by atomic mass is 16.1. The molecule has 1 fully saturated rings. The Morgan fingerprint density at radius 3 is 2.86 bits per heavy atom. The van der Waals surface area contributed by atoms with Gasteiger partial charge in [-0.25, -0.2) is 0 Å². The fourth-order valence-corrected chi connectivity index (χ4v) is 3.14. The van der Waals surface area contributed by atoms with Gasteiger partial charge in [-0.3, -0.25) is 9.69 Å². The summed E-state index contributed by atoms with van der Waals surface area (Å²) in [7, 11) is 2.21. The van der Waals surface area contributed by atoms with E-state index < -0.39 is 0 Å². The van der Waals surface area contributed by atoms with Gasteiger partial charge in [0.25, 0.3) is 5.56 Å². The molecular formula is C16H28N4O. The fourth-order valence-electron chi connectivity index (χ4n) is 3.14. The molecule has 1 saturated heterocycles. The van der Waals surface area contributed by atoms with E-state index in [1.807, 2.05) is 0 Å². The normalized spacial score (nSPS) is 21.3. The largest absolute Gasteiger partial charge is 0.398 e. The summed E-state index contributed by atoms with van der Waals surface area (Å²) < 4.78 is 1.72. The number of aromatic nitrogens is 1. The SMILES string of the molecule is CCC1CN(C)CCCN1CCCn1cc(N)ccc1=O. The molecule has 1 atom stereocenters. The summed E-state index contributed by atoms with van der Waals surface area (Å²) in [5.41, 5.74) is 6.43. The first kappa shape index (κ1) is 16.0. The molecular weight excluding hydrogens is 264 g/mol. The van der Waals surface area contributed by atoms with Crippen LogP contribution in [0.25, 0.3) is 0 Å². The van der Waals surface area contributed by atoms with E-state index in [0.29, 0.717) is 11.7 Å². The molecule has 0 aliphatic carbocycles. The van der Waals surface area contributed by atoms with Crippen LogP contribution in [0.1, 0.15) is 26.2 Å². The number of nitrogens with zero attached hydrogens (tertiary/aromatic N) is 3. The Bertz CT molecular complexity index is 499. The van der Waals surface area contributed by atoms with E-state index >= 15 is 0 Å². The summed E-state index contributed by atoms with van der Waals surface area (Å²) in [6.07, 6.45) is 5.15. The number of aryl methyl sites for hydroxylation is 1. The van der Waals surface area contributed by atoms with Crippen molar-refractivity contribution in [2.45, 2.75) is 38.8 Å². The summed E-state index contributed by atoms with van der Waals surface area (Å²) in [6, 6.07) is 3.84. The molecule has 5 nitrogen and oxygen atoms in total. The van der Waals surface area contributed by atoms with Crippen molar-refractivity contribution in [2.75, 3.05) is 39.0 Å². The van der Waals surface area contributed by atoms with Crippen LogP contribution in [0, 0.1) is 0 Å². The number of rotatable bonds is 5. The first-order chi connectivity index (χ1) is 10.1. The molecule has 1 unspecified atom stereocenters. The van der Waals surface area contributed by atoms with Gasteiger partial charge >= 0.3 is 0 Å². The second-order valence-electron chi connectivity index (χ2n) is 6.06. The summed E-state index contributed by atoms with van der Waals surface area (Å²) in [5, 5.41) is 0. The van der Waals surface area contributed by atoms with Crippen LogP contribution < -0.4 is 11.3 Å². The quantitative estimate of drug-likeness (QED) is 0.887. The van der Waals surface area contributed by atoms with Crippen molar-refractivity contribution in [3.8, 4) is 0 Å². The van der Waals surface area contributed by atoms with Crippen LogP contribution in [0.15, 0.2) is 23.1 Å². The summed E-state index contributed by atoms with van der Waals surface area (Å²) in [6.45, 7) is 7.55. The molecule has 2 heterocycles. The van der Waals surface area contributed by atoms with Crippen LogP contribution in [0.2, 0.25) is 0 Å². The lowest BCUT2D eigenvalue weighted by Crippen LogP contribution is -2.40. The minimum absolute atomic E-state index is 0.0341. The van der Waals surface area contributed by atoms with Crippen LogP contribution in [-0.2, 0) is 6.54 Å². The number of hydrogen-bond acceptors (Lipinski definition) is 4. The van der Waals surface area contributed by atoms with E-state index in [1.165, 1.54) is 19.4 Å². The molecule has 0 saturated carbocycles. The maximum Gasteiger partial charge on any atom is 0.250 e. The summed E-state index contributed by atoms with van der Waals surface area (Å²) in [4.78, 5) is 16.8. The van der Waals surface area contributed by atoms with E-state index in [-0.39, 0.29) is 5.56 Å². The van der Waals surface area contributed by atoms with Crippen LogP contribution in [0.4, 0.5) is 5.69 Å². The van der Waals surface area contributed by atoms with Crippen molar-refractivity contribution in [1.82, 2.24) is 14.4 Å². The Kier molecular flexibility index (Phi) is 5.82. The molecule has 21 heavy (non-hydrogen) atoms. The maximum atomic E-state index is 11.8. The smallest absolute Gasteiger partial charge is 0.250 e.